The molecule has 8 heteroatoms. The van der Waals surface area contributed by atoms with Gasteiger partial charge >= 0.3 is 5.97 Å². The van der Waals surface area contributed by atoms with Crippen molar-refractivity contribution < 1.29 is 19.5 Å². The zero-order valence-corrected chi connectivity index (χ0v) is 15.0. The highest BCUT2D eigenvalue weighted by atomic mass is 35.5. The van der Waals surface area contributed by atoms with Crippen LogP contribution in [0.3, 0.4) is 0 Å². The number of carboxylic acid groups (broad SMARTS) is 1. The molecule has 25 heavy (non-hydrogen) atoms. The van der Waals surface area contributed by atoms with Crippen molar-refractivity contribution in [1.82, 2.24) is 4.90 Å². The van der Waals surface area contributed by atoms with Crippen molar-refractivity contribution in [3.05, 3.63) is 33.8 Å². The van der Waals surface area contributed by atoms with E-state index in [-0.39, 0.29) is 17.7 Å². The molecule has 1 saturated carbocycles. The number of carboxylic acids is 1. The number of rotatable bonds is 10. The fourth-order valence-corrected chi connectivity index (χ4v) is 3.07. The van der Waals surface area contributed by atoms with Gasteiger partial charge in [-0.25, -0.2) is 0 Å². The molecule has 1 fully saturated rings. The Balaban J connectivity index is 1.83. The van der Waals surface area contributed by atoms with E-state index in [9.17, 15) is 14.4 Å². The summed E-state index contributed by atoms with van der Waals surface area (Å²) in [4.78, 5) is 36.0. The van der Waals surface area contributed by atoms with Gasteiger partial charge in [0.1, 0.15) is 6.04 Å². The van der Waals surface area contributed by atoms with E-state index in [1.54, 1.807) is 23.1 Å². The average molecular weight is 387 g/mol. The van der Waals surface area contributed by atoms with Gasteiger partial charge in [-0.1, -0.05) is 23.2 Å². The SMILES string of the molecule is N[C@@H](CCCCN(C=O)[C@H]1C[C@@H]1C(=O)c1ccc(Cl)c(Cl)c1)C(=O)O. The third-order valence-electron chi connectivity index (χ3n) is 4.36. The zero-order valence-electron chi connectivity index (χ0n) is 13.5. The molecule has 3 atom stereocenters. The van der Waals surface area contributed by atoms with E-state index < -0.39 is 12.0 Å². The van der Waals surface area contributed by atoms with E-state index in [4.69, 9.17) is 34.0 Å². The number of benzene rings is 1. The molecule has 3 N–H and O–H groups in total. The highest BCUT2D eigenvalue weighted by Crippen LogP contribution is 2.38. The van der Waals surface area contributed by atoms with E-state index >= 15 is 0 Å². The number of carbonyl (C=O) groups is 3. The minimum Gasteiger partial charge on any atom is -0.480 e. The summed E-state index contributed by atoms with van der Waals surface area (Å²) in [6.07, 6.45) is 2.97. The number of hydrogen-bond donors (Lipinski definition) is 2. The molecule has 1 aliphatic rings. The summed E-state index contributed by atoms with van der Waals surface area (Å²) in [5.41, 5.74) is 5.93. The molecule has 0 unspecified atom stereocenters. The third-order valence-corrected chi connectivity index (χ3v) is 5.10. The van der Waals surface area contributed by atoms with Crippen molar-refractivity contribution in [2.24, 2.45) is 11.7 Å². The van der Waals surface area contributed by atoms with Crippen molar-refractivity contribution in [1.29, 1.82) is 0 Å². The Kier molecular flexibility index (Phi) is 6.81. The molecule has 0 bridgehead atoms. The molecule has 0 aliphatic heterocycles. The van der Waals surface area contributed by atoms with Gasteiger partial charge in [0.15, 0.2) is 5.78 Å². The molecule has 0 saturated heterocycles. The van der Waals surface area contributed by atoms with Crippen molar-refractivity contribution in [3.8, 4) is 0 Å². The molecule has 0 spiro atoms. The highest BCUT2D eigenvalue weighted by molar-refractivity contribution is 6.42. The first-order valence-corrected chi connectivity index (χ1v) is 8.79. The normalized spacial score (nSPS) is 20.0. The van der Waals surface area contributed by atoms with Crippen LogP contribution in [0.5, 0.6) is 0 Å². The Morgan fingerprint density at radius 1 is 1.32 bits per heavy atom. The Morgan fingerprint density at radius 3 is 2.64 bits per heavy atom. The summed E-state index contributed by atoms with van der Waals surface area (Å²) >= 11 is 11.8. The standard InChI is InChI=1S/C17H20Cl2N2O4/c18-12-5-4-10(7-13(12)19)16(23)11-8-15(11)21(9-22)6-2-1-3-14(20)17(24)25/h4-5,7,9,11,14-15H,1-3,6,8,20H2,(H,24,25)/t11-,14-,15-/m0/s1. The van der Waals surface area contributed by atoms with Gasteiger partial charge in [-0.15, -0.1) is 0 Å². The lowest BCUT2D eigenvalue weighted by Gasteiger charge is -2.17. The second-order valence-electron chi connectivity index (χ2n) is 6.19. The Bertz CT molecular complexity index is 668. The Morgan fingerprint density at radius 2 is 2.04 bits per heavy atom. The maximum Gasteiger partial charge on any atom is 0.320 e. The van der Waals surface area contributed by atoms with Crippen LogP contribution in [0, 0.1) is 5.92 Å². The van der Waals surface area contributed by atoms with Crippen LogP contribution in [0.15, 0.2) is 18.2 Å². The number of nitrogens with two attached hydrogens (primary N) is 1. The van der Waals surface area contributed by atoms with Crippen molar-refractivity contribution in [2.75, 3.05) is 6.54 Å². The van der Waals surface area contributed by atoms with Gasteiger partial charge in [-0.3, -0.25) is 14.4 Å². The molecular weight excluding hydrogens is 367 g/mol. The number of Topliss-reactive ketones (excluding diaryl/α,β-unsaturated/α-hetero) is 1. The van der Waals surface area contributed by atoms with Crippen LogP contribution >= 0.6 is 23.2 Å². The van der Waals surface area contributed by atoms with Crippen LogP contribution in [-0.2, 0) is 9.59 Å². The lowest BCUT2D eigenvalue weighted by molar-refractivity contribution is -0.138. The highest BCUT2D eigenvalue weighted by Gasteiger charge is 2.46. The molecular formula is C17H20Cl2N2O4. The molecule has 1 aliphatic carbocycles. The Hall–Kier alpha value is -1.63. The summed E-state index contributed by atoms with van der Waals surface area (Å²) in [7, 11) is 0. The molecule has 136 valence electrons. The number of ketones is 1. The van der Waals surface area contributed by atoms with Crippen LogP contribution in [0.4, 0.5) is 0 Å². The molecule has 1 aromatic carbocycles. The van der Waals surface area contributed by atoms with Gasteiger partial charge < -0.3 is 15.7 Å². The van der Waals surface area contributed by atoms with Gasteiger partial charge in [0.2, 0.25) is 6.41 Å². The summed E-state index contributed by atoms with van der Waals surface area (Å²) < 4.78 is 0. The largest absolute Gasteiger partial charge is 0.480 e. The van der Waals surface area contributed by atoms with E-state index in [1.165, 1.54) is 0 Å². The van der Waals surface area contributed by atoms with Crippen LogP contribution in [0.1, 0.15) is 36.0 Å². The maximum absolute atomic E-state index is 12.5. The van der Waals surface area contributed by atoms with Crippen LogP contribution in [-0.4, -0.2) is 46.8 Å². The predicted molar refractivity (Wildman–Crippen MR) is 94.9 cm³/mol. The van der Waals surface area contributed by atoms with E-state index in [0.29, 0.717) is 47.8 Å². The van der Waals surface area contributed by atoms with Crippen LogP contribution in [0.25, 0.3) is 0 Å². The lowest BCUT2D eigenvalue weighted by Crippen LogP contribution is -2.31. The summed E-state index contributed by atoms with van der Waals surface area (Å²) in [6, 6.07) is 3.75. The minimum atomic E-state index is -1.03. The lowest BCUT2D eigenvalue weighted by atomic mass is 10.1. The first-order valence-electron chi connectivity index (χ1n) is 8.03. The first kappa shape index (κ1) is 19.7. The number of nitrogens with zero attached hydrogens (tertiary/aromatic N) is 1. The van der Waals surface area contributed by atoms with E-state index in [2.05, 4.69) is 0 Å². The molecule has 2 rings (SSSR count). The zero-order chi connectivity index (χ0) is 18.6. The fraction of sp³-hybridized carbons (Fsp3) is 0.471. The molecule has 1 amide bonds. The number of hydrogen-bond acceptors (Lipinski definition) is 4. The van der Waals surface area contributed by atoms with Crippen molar-refractivity contribution in [2.45, 2.75) is 37.8 Å². The first-order chi connectivity index (χ1) is 11.8. The van der Waals surface area contributed by atoms with E-state index in [0.717, 1.165) is 6.41 Å². The number of carbonyl (C=O) groups excluding carboxylic acids is 2. The Labute approximate surface area is 155 Å². The van der Waals surface area contributed by atoms with E-state index in [1.807, 2.05) is 0 Å². The number of halogens is 2. The van der Waals surface area contributed by atoms with Gasteiger partial charge in [0.05, 0.1) is 10.0 Å². The summed E-state index contributed by atoms with van der Waals surface area (Å²) in [6.45, 7) is 0.478. The average Bonchev–Trinajstić information content (AvgIpc) is 3.36. The van der Waals surface area contributed by atoms with Crippen molar-refractivity contribution >= 4 is 41.4 Å². The summed E-state index contributed by atoms with van der Waals surface area (Å²) in [5.74, 6) is -1.31. The monoisotopic (exact) mass is 386 g/mol. The second-order valence-corrected chi connectivity index (χ2v) is 7.00. The molecule has 0 heterocycles. The predicted octanol–water partition coefficient (Wildman–Crippen LogP) is 2.61. The fourth-order valence-electron chi connectivity index (χ4n) is 2.77. The maximum atomic E-state index is 12.5. The smallest absolute Gasteiger partial charge is 0.320 e. The number of amides is 1. The quantitative estimate of drug-likeness (QED) is 0.365. The van der Waals surface area contributed by atoms with Crippen LogP contribution in [0.2, 0.25) is 10.0 Å². The topological polar surface area (TPSA) is 101 Å². The van der Waals surface area contributed by atoms with Gasteiger partial charge in [0, 0.05) is 24.1 Å². The third kappa shape index (κ3) is 5.17. The minimum absolute atomic E-state index is 0.0525. The second kappa shape index (κ2) is 8.65. The molecule has 0 aromatic heterocycles. The van der Waals surface area contributed by atoms with Gasteiger partial charge in [-0.2, -0.15) is 0 Å². The molecule has 0 radical (unpaired) electrons. The summed E-state index contributed by atoms with van der Waals surface area (Å²) in [5, 5.41) is 9.44. The number of aliphatic carboxylic acids is 1. The van der Waals surface area contributed by atoms with Crippen LogP contribution < -0.4 is 5.73 Å². The van der Waals surface area contributed by atoms with Gasteiger partial charge in [0.25, 0.3) is 0 Å². The number of unbranched alkanes of at least 4 members (excludes halogenated alkanes) is 1. The molecule has 6 nitrogen and oxygen atoms in total. The van der Waals surface area contributed by atoms with Gasteiger partial charge in [-0.05, 0) is 43.9 Å². The van der Waals surface area contributed by atoms with Crippen molar-refractivity contribution in [3.63, 3.8) is 0 Å². The molecule has 1 aromatic rings.